The first-order valence-corrected chi connectivity index (χ1v) is 5.74. The summed E-state index contributed by atoms with van der Waals surface area (Å²) in [6.45, 7) is 5.08. The van der Waals surface area contributed by atoms with Crippen molar-refractivity contribution in [3.05, 3.63) is 16.1 Å². The number of hydrogen-bond acceptors (Lipinski definition) is 3. The molecule has 0 radical (unpaired) electrons. The highest BCUT2D eigenvalue weighted by Crippen LogP contribution is 2.20. The Morgan fingerprint density at radius 3 is 3.00 bits per heavy atom. The Labute approximate surface area is 89.8 Å². The van der Waals surface area contributed by atoms with Crippen LogP contribution in [0, 0.1) is 19.3 Å². The first kappa shape index (κ1) is 11.2. The summed E-state index contributed by atoms with van der Waals surface area (Å²) < 4.78 is 0. The molecule has 0 saturated carbocycles. The van der Waals surface area contributed by atoms with E-state index in [0.29, 0.717) is 6.04 Å². The molecule has 0 aliphatic heterocycles. The molecule has 3 heteroatoms. The Morgan fingerprint density at radius 2 is 2.50 bits per heavy atom. The van der Waals surface area contributed by atoms with Crippen molar-refractivity contribution in [2.75, 3.05) is 6.54 Å². The lowest BCUT2D eigenvalue weighted by molar-refractivity contribution is 0.512. The van der Waals surface area contributed by atoms with Gasteiger partial charge in [0, 0.05) is 11.8 Å². The predicted octanol–water partition coefficient (Wildman–Crippen LogP) is 2.52. The predicted molar refractivity (Wildman–Crippen MR) is 61.3 cm³/mol. The molecule has 1 aromatic rings. The molecular weight excluding hydrogens is 192 g/mol. The molecule has 1 atom stereocenters. The van der Waals surface area contributed by atoms with Gasteiger partial charge in [0.2, 0.25) is 0 Å². The quantitative estimate of drug-likeness (QED) is 0.752. The Morgan fingerprint density at radius 1 is 1.71 bits per heavy atom. The first-order chi connectivity index (χ1) is 6.77. The molecule has 1 rings (SSSR count). The molecule has 0 amide bonds. The molecule has 1 aromatic heterocycles. The van der Waals surface area contributed by atoms with Gasteiger partial charge in [0.25, 0.3) is 0 Å². The Balaban J connectivity index is 2.63. The van der Waals surface area contributed by atoms with E-state index in [-0.39, 0.29) is 0 Å². The van der Waals surface area contributed by atoms with Crippen LogP contribution >= 0.6 is 11.3 Å². The third-order valence-electron chi connectivity index (χ3n) is 2.02. The third-order valence-corrected chi connectivity index (χ3v) is 2.81. The topological polar surface area (TPSA) is 24.9 Å². The second kappa shape index (κ2) is 5.79. The van der Waals surface area contributed by atoms with Crippen LogP contribution in [0.5, 0.6) is 0 Å². The van der Waals surface area contributed by atoms with Gasteiger partial charge in [0.15, 0.2) is 0 Å². The van der Waals surface area contributed by atoms with E-state index in [1.165, 1.54) is 0 Å². The molecule has 0 bridgehead atoms. The summed E-state index contributed by atoms with van der Waals surface area (Å²) in [6.07, 6.45) is 7.03. The molecule has 0 spiro atoms. The van der Waals surface area contributed by atoms with Crippen molar-refractivity contribution in [3.8, 4) is 12.3 Å². The van der Waals surface area contributed by atoms with Crippen molar-refractivity contribution in [2.24, 2.45) is 0 Å². The molecule has 2 nitrogen and oxygen atoms in total. The normalized spacial score (nSPS) is 12.4. The number of aryl methyl sites for hydroxylation is 1. The van der Waals surface area contributed by atoms with E-state index in [2.05, 4.69) is 28.5 Å². The fourth-order valence-electron chi connectivity index (χ4n) is 1.37. The van der Waals surface area contributed by atoms with Gasteiger partial charge in [-0.05, 0) is 19.9 Å². The average molecular weight is 208 g/mol. The zero-order valence-electron chi connectivity index (χ0n) is 8.71. The number of rotatable bonds is 5. The highest BCUT2D eigenvalue weighted by atomic mass is 32.1. The summed E-state index contributed by atoms with van der Waals surface area (Å²) in [4.78, 5) is 4.47. The maximum absolute atomic E-state index is 5.26. The molecular formula is C11H16N2S. The number of aromatic nitrogens is 1. The van der Waals surface area contributed by atoms with Gasteiger partial charge in [-0.3, -0.25) is 0 Å². The molecule has 76 valence electrons. The van der Waals surface area contributed by atoms with E-state index in [1.54, 1.807) is 11.3 Å². The molecule has 0 saturated heterocycles. The SMILES string of the molecule is C#CCCC(NCC)c1csc(C)n1. The number of hydrogen-bond donors (Lipinski definition) is 1. The van der Waals surface area contributed by atoms with Crippen molar-refractivity contribution in [1.29, 1.82) is 0 Å². The van der Waals surface area contributed by atoms with E-state index in [1.807, 2.05) is 6.92 Å². The zero-order chi connectivity index (χ0) is 10.4. The zero-order valence-corrected chi connectivity index (χ0v) is 9.53. The van der Waals surface area contributed by atoms with Crippen LogP contribution in [0.2, 0.25) is 0 Å². The van der Waals surface area contributed by atoms with Crippen LogP contribution in [0.15, 0.2) is 5.38 Å². The second-order valence-corrected chi connectivity index (χ2v) is 4.21. The lowest BCUT2D eigenvalue weighted by Gasteiger charge is -2.13. The van der Waals surface area contributed by atoms with Crippen LogP contribution in [-0.4, -0.2) is 11.5 Å². The van der Waals surface area contributed by atoms with Crippen LogP contribution in [0.4, 0.5) is 0 Å². The van der Waals surface area contributed by atoms with E-state index in [9.17, 15) is 0 Å². The first-order valence-electron chi connectivity index (χ1n) is 4.86. The average Bonchev–Trinajstić information content (AvgIpc) is 2.59. The second-order valence-electron chi connectivity index (χ2n) is 3.14. The van der Waals surface area contributed by atoms with Gasteiger partial charge in [-0.15, -0.1) is 23.7 Å². The molecule has 1 unspecified atom stereocenters. The van der Waals surface area contributed by atoms with Gasteiger partial charge in [0.05, 0.1) is 16.7 Å². The summed E-state index contributed by atoms with van der Waals surface area (Å²) in [5, 5.41) is 6.62. The monoisotopic (exact) mass is 208 g/mol. The van der Waals surface area contributed by atoms with Crippen molar-refractivity contribution in [2.45, 2.75) is 32.7 Å². The Kier molecular flexibility index (Phi) is 4.64. The fourth-order valence-corrected chi connectivity index (χ4v) is 2.04. The van der Waals surface area contributed by atoms with Crippen molar-refractivity contribution >= 4 is 11.3 Å². The summed E-state index contributed by atoms with van der Waals surface area (Å²) in [7, 11) is 0. The van der Waals surface area contributed by atoms with E-state index >= 15 is 0 Å². The smallest absolute Gasteiger partial charge is 0.0898 e. The maximum Gasteiger partial charge on any atom is 0.0898 e. The Hall–Kier alpha value is -0.850. The van der Waals surface area contributed by atoms with Gasteiger partial charge in [-0.2, -0.15) is 0 Å². The number of terminal acetylenes is 1. The third kappa shape index (κ3) is 3.13. The molecule has 0 aliphatic rings. The Bertz CT molecular complexity index is 311. The van der Waals surface area contributed by atoms with Gasteiger partial charge in [-0.1, -0.05) is 6.92 Å². The van der Waals surface area contributed by atoms with Gasteiger partial charge in [-0.25, -0.2) is 4.98 Å². The largest absolute Gasteiger partial charge is 0.309 e. The number of thiazole rings is 1. The van der Waals surface area contributed by atoms with E-state index < -0.39 is 0 Å². The van der Waals surface area contributed by atoms with E-state index in [4.69, 9.17) is 6.42 Å². The molecule has 0 fully saturated rings. The molecule has 14 heavy (non-hydrogen) atoms. The highest BCUT2D eigenvalue weighted by Gasteiger charge is 2.11. The molecule has 0 aliphatic carbocycles. The fraction of sp³-hybridized carbons (Fsp3) is 0.545. The summed E-state index contributed by atoms with van der Waals surface area (Å²) in [5.74, 6) is 2.67. The molecule has 0 aromatic carbocycles. The van der Waals surface area contributed by atoms with Gasteiger partial charge in [0.1, 0.15) is 0 Å². The van der Waals surface area contributed by atoms with Gasteiger partial charge < -0.3 is 5.32 Å². The van der Waals surface area contributed by atoms with Crippen LogP contribution in [0.3, 0.4) is 0 Å². The van der Waals surface area contributed by atoms with E-state index in [0.717, 1.165) is 30.1 Å². The number of nitrogens with zero attached hydrogens (tertiary/aromatic N) is 1. The minimum absolute atomic E-state index is 0.320. The molecule has 1 heterocycles. The summed E-state index contributed by atoms with van der Waals surface area (Å²) >= 11 is 1.69. The van der Waals surface area contributed by atoms with Crippen LogP contribution in [0.25, 0.3) is 0 Å². The summed E-state index contributed by atoms with van der Waals surface area (Å²) in [5.41, 5.74) is 1.13. The highest BCUT2D eigenvalue weighted by molar-refractivity contribution is 7.09. The van der Waals surface area contributed by atoms with Crippen molar-refractivity contribution in [1.82, 2.24) is 10.3 Å². The van der Waals surface area contributed by atoms with Crippen molar-refractivity contribution < 1.29 is 0 Å². The minimum Gasteiger partial charge on any atom is -0.309 e. The lowest BCUT2D eigenvalue weighted by Crippen LogP contribution is -2.21. The van der Waals surface area contributed by atoms with Crippen molar-refractivity contribution in [3.63, 3.8) is 0 Å². The van der Waals surface area contributed by atoms with Crippen LogP contribution in [0.1, 0.15) is 36.5 Å². The lowest BCUT2D eigenvalue weighted by atomic mass is 10.1. The summed E-state index contributed by atoms with van der Waals surface area (Å²) in [6, 6.07) is 0.320. The molecule has 1 N–H and O–H groups in total. The standard InChI is InChI=1S/C11H16N2S/c1-4-6-7-10(12-5-2)11-8-14-9(3)13-11/h1,8,10,12H,5-7H2,2-3H3. The number of nitrogens with one attached hydrogen (secondary N) is 1. The van der Waals surface area contributed by atoms with Crippen LogP contribution < -0.4 is 5.32 Å². The van der Waals surface area contributed by atoms with Crippen LogP contribution in [-0.2, 0) is 0 Å². The van der Waals surface area contributed by atoms with Gasteiger partial charge >= 0.3 is 0 Å². The maximum atomic E-state index is 5.26. The minimum atomic E-state index is 0.320.